The van der Waals surface area contributed by atoms with Gasteiger partial charge in [0.1, 0.15) is 11.3 Å². The van der Waals surface area contributed by atoms with Crippen molar-refractivity contribution in [2.45, 2.75) is 19.4 Å². The molecular weight excluding hydrogens is 344 g/mol. The summed E-state index contributed by atoms with van der Waals surface area (Å²) in [5.41, 5.74) is 8.79. The molecule has 1 saturated heterocycles. The van der Waals surface area contributed by atoms with Crippen LogP contribution in [0.15, 0.2) is 54.8 Å². The van der Waals surface area contributed by atoms with E-state index in [4.69, 9.17) is 4.74 Å². The van der Waals surface area contributed by atoms with Crippen LogP contribution < -0.4 is 16.2 Å². The van der Waals surface area contributed by atoms with Gasteiger partial charge in [0, 0.05) is 31.7 Å². The Morgan fingerprint density at radius 1 is 1.22 bits per heavy atom. The molecule has 3 aromatic heterocycles. The van der Waals surface area contributed by atoms with E-state index in [9.17, 15) is 0 Å². The zero-order valence-corrected chi connectivity index (χ0v) is 14.9. The van der Waals surface area contributed by atoms with Crippen LogP contribution in [0.4, 0.5) is 11.6 Å². The molecule has 0 amide bonds. The van der Waals surface area contributed by atoms with Crippen molar-refractivity contribution in [3.8, 4) is 0 Å². The average Bonchev–Trinajstić information content (AvgIpc) is 3.47. The fraction of sp³-hybridized carbons (Fsp3) is 0.278. The van der Waals surface area contributed by atoms with Gasteiger partial charge in [0.15, 0.2) is 11.5 Å². The molecule has 0 radical (unpaired) electrons. The molecule has 0 atom stereocenters. The van der Waals surface area contributed by atoms with E-state index in [-0.39, 0.29) is 0 Å². The van der Waals surface area contributed by atoms with Crippen molar-refractivity contribution in [2.24, 2.45) is 0 Å². The molecule has 0 aromatic carbocycles. The lowest BCUT2D eigenvalue weighted by molar-refractivity contribution is 0.198. The summed E-state index contributed by atoms with van der Waals surface area (Å²) in [6, 6.07) is 3.79. The van der Waals surface area contributed by atoms with Crippen LogP contribution >= 0.6 is 0 Å². The fourth-order valence-electron chi connectivity index (χ4n) is 2.77. The molecule has 9 nitrogen and oxygen atoms in total. The summed E-state index contributed by atoms with van der Waals surface area (Å²) in [5, 5.41) is 9.87. The Morgan fingerprint density at radius 2 is 2.15 bits per heavy atom. The second-order valence-corrected chi connectivity index (χ2v) is 6.14. The van der Waals surface area contributed by atoms with Gasteiger partial charge in [0.05, 0.1) is 24.6 Å². The third kappa shape index (κ3) is 4.45. The lowest BCUT2D eigenvalue weighted by atomic mass is 10.3. The molecule has 2 aliphatic heterocycles. The van der Waals surface area contributed by atoms with E-state index in [0.717, 1.165) is 35.9 Å². The Balaban J connectivity index is 0.000000314. The second-order valence-electron chi connectivity index (χ2n) is 6.14. The molecule has 0 saturated carbocycles. The summed E-state index contributed by atoms with van der Waals surface area (Å²) < 4.78 is 6.99. The summed E-state index contributed by atoms with van der Waals surface area (Å²) in [6.45, 7) is 2.68. The predicted molar refractivity (Wildman–Crippen MR) is 103 cm³/mol. The van der Waals surface area contributed by atoms with E-state index in [1.807, 2.05) is 41.2 Å². The van der Waals surface area contributed by atoms with Crippen LogP contribution in [0.5, 0.6) is 0 Å². The summed E-state index contributed by atoms with van der Waals surface area (Å²) >= 11 is 0. The largest absolute Gasteiger partial charge is 0.381 e. The third-order valence-corrected chi connectivity index (χ3v) is 4.11. The van der Waals surface area contributed by atoms with Gasteiger partial charge in [-0.05, 0) is 31.1 Å². The van der Waals surface area contributed by atoms with E-state index in [0.29, 0.717) is 12.4 Å². The smallest absolute Gasteiger partial charge is 0.161 e. The molecule has 4 N–H and O–H groups in total. The molecule has 0 bridgehead atoms. The highest BCUT2D eigenvalue weighted by atomic mass is 16.5. The lowest BCUT2D eigenvalue weighted by Crippen LogP contribution is -2.30. The number of nitrogens with zero attached hydrogens (tertiary/aromatic N) is 4. The SMILES string of the molecule is C1=CNNC(Cn2ccc3ncc(Nc4ccn[nH]4)nc32)=C1.C1CCOC1. The summed E-state index contributed by atoms with van der Waals surface area (Å²) in [4.78, 5) is 9.05. The van der Waals surface area contributed by atoms with Gasteiger partial charge in [0.2, 0.25) is 0 Å². The second kappa shape index (κ2) is 8.37. The normalized spacial score (nSPS) is 15.5. The highest BCUT2D eigenvalue weighted by Crippen LogP contribution is 2.17. The number of H-pyrrole nitrogens is 1. The Kier molecular flexibility index (Phi) is 5.30. The zero-order valence-electron chi connectivity index (χ0n) is 14.9. The zero-order chi connectivity index (χ0) is 18.3. The van der Waals surface area contributed by atoms with Crippen molar-refractivity contribution in [3.63, 3.8) is 0 Å². The van der Waals surface area contributed by atoms with Gasteiger partial charge in [-0.15, -0.1) is 0 Å². The van der Waals surface area contributed by atoms with E-state index >= 15 is 0 Å². The van der Waals surface area contributed by atoms with Crippen LogP contribution in [0.2, 0.25) is 0 Å². The van der Waals surface area contributed by atoms with E-state index in [1.54, 1.807) is 12.4 Å². The number of aromatic amines is 1. The first-order valence-corrected chi connectivity index (χ1v) is 8.92. The maximum atomic E-state index is 4.94. The van der Waals surface area contributed by atoms with Crippen molar-refractivity contribution in [1.29, 1.82) is 0 Å². The molecule has 0 aliphatic carbocycles. The van der Waals surface area contributed by atoms with E-state index < -0.39 is 0 Å². The van der Waals surface area contributed by atoms with Crippen molar-refractivity contribution >= 4 is 22.8 Å². The molecule has 5 heterocycles. The molecule has 2 aliphatic rings. The van der Waals surface area contributed by atoms with Crippen LogP contribution in [-0.2, 0) is 11.3 Å². The minimum atomic E-state index is 0.667. The van der Waals surface area contributed by atoms with Crippen molar-refractivity contribution < 1.29 is 4.74 Å². The number of hydrogen-bond donors (Lipinski definition) is 4. The van der Waals surface area contributed by atoms with Gasteiger partial charge in [-0.25, -0.2) is 9.97 Å². The third-order valence-electron chi connectivity index (χ3n) is 4.11. The Hall–Kier alpha value is -3.33. The summed E-state index contributed by atoms with van der Waals surface area (Å²) in [6.07, 6.45) is 13.7. The van der Waals surface area contributed by atoms with Crippen LogP contribution in [0.1, 0.15) is 12.8 Å². The number of rotatable bonds is 4. The van der Waals surface area contributed by atoms with E-state index in [2.05, 4.69) is 36.3 Å². The molecule has 5 rings (SSSR count). The topological polar surface area (TPSA) is 105 Å². The molecular formula is C18H22N8O. The fourth-order valence-corrected chi connectivity index (χ4v) is 2.77. The lowest BCUT2D eigenvalue weighted by Gasteiger charge is -2.14. The molecule has 1 fully saturated rings. The number of ether oxygens (including phenoxy) is 1. The Bertz CT molecular complexity index is 917. The number of hydrazine groups is 1. The molecule has 3 aromatic rings. The van der Waals surface area contributed by atoms with Gasteiger partial charge in [-0.1, -0.05) is 0 Å². The first-order valence-electron chi connectivity index (χ1n) is 8.92. The van der Waals surface area contributed by atoms with Crippen molar-refractivity contribution in [1.82, 2.24) is 35.6 Å². The standard InChI is InChI=1S/C14H14N8.C4H8O/c1-2-10(20-16-5-1)9-22-7-4-11-14(22)19-13(8-15-11)18-12-3-6-17-21-12;1-2-4-5-3-1/h1-8,16,20H,9H2,(H2,17,18,19,21);1-4H2. The van der Waals surface area contributed by atoms with E-state index in [1.165, 1.54) is 12.8 Å². The van der Waals surface area contributed by atoms with Gasteiger partial charge >= 0.3 is 0 Å². The Morgan fingerprint density at radius 3 is 2.85 bits per heavy atom. The van der Waals surface area contributed by atoms with Crippen molar-refractivity contribution in [3.05, 3.63) is 54.8 Å². The molecule has 0 spiro atoms. The van der Waals surface area contributed by atoms with Crippen LogP contribution in [0.25, 0.3) is 11.2 Å². The number of fused-ring (bicyclic) bond motifs is 1. The van der Waals surface area contributed by atoms with Gasteiger partial charge in [-0.2, -0.15) is 5.10 Å². The highest BCUT2D eigenvalue weighted by Gasteiger charge is 2.08. The molecule has 9 heteroatoms. The monoisotopic (exact) mass is 366 g/mol. The first kappa shape index (κ1) is 17.1. The minimum Gasteiger partial charge on any atom is -0.381 e. The van der Waals surface area contributed by atoms with Crippen molar-refractivity contribution in [2.75, 3.05) is 18.5 Å². The Labute approximate surface area is 156 Å². The van der Waals surface area contributed by atoms with Gasteiger partial charge in [-0.3, -0.25) is 5.10 Å². The number of allylic oxidation sites excluding steroid dienone is 3. The minimum absolute atomic E-state index is 0.667. The number of anilines is 2. The number of nitrogens with one attached hydrogen (secondary N) is 4. The molecule has 0 unspecified atom stereocenters. The van der Waals surface area contributed by atoms with Crippen LogP contribution in [-0.4, -0.2) is 37.9 Å². The molecule has 140 valence electrons. The average molecular weight is 366 g/mol. The highest BCUT2D eigenvalue weighted by molar-refractivity contribution is 5.73. The van der Waals surface area contributed by atoms with Crippen LogP contribution in [0.3, 0.4) is 0 Å². The molecule has 27 heavy (non-hydrogen) atoms. The maximum absolute atomic E-state index is 4.94. The summed E-state index contributed by atoms with van der Waals surface area (Å²) in [7, 11) is 0. The first-order chi connectivity index (χ1) is 13.4. The number of hydrogen-bond acceptors (Lipinski definition) is 7. The number of aromatic nitrogens is 5. The maximum Gasteiger partial charge on any atom is 0.161 e. The summed E-state index contributed by atoms with van der Waals surface area (Å²) in [5.74, 6) is 1.44. The van der Waals surface area contributed by atoms with Crippen LogP contribution in [0, 0.1) is 0 Å². The quantitative estimate of drug-likeness (QED) is 0.561. The van der Waals surface area contributed by atoms with Gasteiger partial charge < -0.3 is 25.5 Å². The predicted octanol–water partition coefficient (Wildman–Crippen LogP) is 2.20. The van der Waals surface area contributed by atoms with Gasteiger partial charge in [0.25, 0.3) is 0 Å².